The Labute approximate surface area is 102 Å². The standard InChI is InChI=1S/C15H14N2/c1-11(2)13-3-5-14(6-4-13)15-7-12(8-16)9-17-10-15/h3-7,9-11H,1-2H3. The fraction of sp³-hybridized carbons (Fsp3) is 0.200. The monoisotopic (exact) mass is 222 g/mol. The van der Waals surface area contributed by atoms with Crippen molar-refractivity contribution in [1.82, 2.24) is 4.98 Å². The summed E-state index contributed by atoms with van der Waals surface area (Å²) in [5.74, 6) is 0.535. The van der Waals surface area contributed by atoms with E-state index in [0.29, 0.717) is 11.5 Å². The number of rotatable bonds is 2. The molecular weight excluding hydrogens is 208 g/mol. The second-order valence-electron chi connectivity index (χ2n) is 4.35. The highest BCUT2D eigenvalue weighted by Gasteiger charge is 2.02. The number of aromatic nitrogens is 1. The third-order valence-corrected chi connectivity index (χ3v) is 2.78. The van der Waals surface area contributed by atoms with Gasteiger partial charge in [-0.05, 0) is 23.1 Å². The van der Waals surface area contributed by atoms with E-state index < -0.39 is 0 Å². The maximum absolute atomic E-state index is 8.84. The van der Waals surface area contributed by atoms with Gasteiger partial charge in [0.25, 0.3) is 0 Å². The van der Waals surface area contributed by atoms with Crippen molar-refractivity contribution in [2.24, 2.45) is 0 Å². The van der Waals surface area contributed by atoms with Crippen LogP contribution < -0.4 is 0 Å². The van der Waals surface area contributed by atoms with Crippen molar-refractivity contribution in [3.05, 3.63) is 53.9 Å². The Balaban J connectivity index is 2.37. The van der Waals surface area contributed by atoms with Gasteiger partial charge >= 0.3 is 0 Å². The summed E-state index contributed by atoms with van der Waals surface area (Å²) in [5.41, 5.74) is 3.99. The van der Waals surface area contributed by atoms with Crippen molar-refractivity contribution < 1.29 is 0 Å². The molecule has 2 heteroatoms. The first-order valence-corrected chi connectivity index (χ1v) is 5.66. The zero-order chi connectivity index (χ0) is 12.3. The molecule has 2 aromatic rings. The number of hydrogen-bond donors (Lipinski definition) is 0. The Kier molecular flexibility index (Phi) is 3.20. The van der Waals surface area contributed by atoms with E-state index in [2.05, 4.69) is 49.2 Å². The van der Waals surface area contributed by atoms with Crippen molar-refractivity contribution in [2.75, 3.05) is 0 Å². The topological polar surface area (TPSA) is 36.7 Å². The van der Waals surface area contributed by atoms with E-state index in [-0.39, 0.29) is 0 Å². The molecule has 0 N–H and O–H groups in total. The predicted octanol–water partition coefficient (Wildman–Crippen LogP) is 3.74. The number of pyridine rings is 1. The number of benzene rings is 1. The quantitative estimate of drug-likeness (QED) is 0.776. The summed E-state index contributed by atoms with van der Waals surface area (Å²) in [6, 6.07) is 12.4. The number of nitriles is 1. The Morgan fingerprint density at radius 1 is 1.06 bits per heavy atom. The first-order valence-electron chi connectivity index (χ1n) is 5.66. The molecule has 0 saturated carbocycles. The van der Waals surface area contributed by atoms with E-state index in [1.807, 2.05) is 6.07 Å². The van der Waals surface area contributed by atoms with Crippen LogP contribution >= 0.6 is 0 Å². The Hall–Kier alpha value is -2.14. The molecule has 0 amide bonds. The molecule has 0 saturated heterocycles. The Morgan fingerprint density at radius 3 is 2.35 bits per heavy atom. The molecule has 0 bridgehead atoms. The van der Waals surface area contributed by atoms with Crippen LogP contribution in [0.4, 0.5) is 0 Å². The van der Waals surface area contributed by atoms with Gasteiger partial charge in [0.1, 0.15) is 6.07 Å². The van der Waals surface area contributed by atoms with Crippen LogP contribution in [0.1, 0.15) is 30.9 Å². The van der Waals surface area contributed by atoms with E-state index in [1.165, 1.54) is 5.56 Å². The number of hydrogen-bond acceptors (Lipinski definition) is 2. The highest BCUT2D eigenvalue weighted by Crippen LogP contribution is 2.22. The molecule has 84 valence electrons. The molecule has 0 atom stereocenters. The lowest BCUT2D eigenvalue weighted by molar-refractivity contribution is 0.867. The molecule has 2 nitrogen and oxygen atoms in total. The third kappa shape index (κ3) is 2.51. The first-order chi connectivity index (χ1) is 8.20. The zero-order valence-corrected chi connectivity index (χ0v) is 10.0. The fourth-order valence-electron chi connectivity index (χ4n) is 1.72. The van der Waals surface area contributed by atoms with Crippen molar-refractivity contribution in [3.63, 3.8) is 0 Å². The predicted molar refractivity (Wildman–Crippen MR) is 68.5 cm³/mol. The molecule has 1 aromatic heterocycles. The molecule has 0 fully saturated rings. The molecule has 1 aromatic carbocycles. The molecule has 1 heterocycles. The van der Waals surface area contributed by atoms with Gasteiger partial charge in [-0.2, -0.15) is 5.26 Å². The van der Waals surface area contributed by atoms with Crippen LogP contribution in [0.3, 0.4) is 0 Å². The van der Waals surface area contributed by atoms with Gasteiger partial charge in [0.05, 0.1) is 5.56 Å². The molecule has 17 heavy (non-hydrogen) atoms. The molecular formula is C15H14N2. The van der Waals surface area contributed by atoms with E-state index in [0.717, 1.165) is 11.1 Å². The number of nitrogens with zero attached hydrogens (tertiary/aromatic N) is 2. The SMILES string of the molecule is CC(C)c1ccc(-c2cncc(C#N)c2)cc1. The first kappa shape index (κ1) is 11.3. The minimum Gasteiger partial charge on any atom is -0.263 e. The third-order valence-electron chi connectivity index (χ3n) is 2.78. The van der Waals surface area contributed by atoms with E-state index in [9.17, 15) is 0 Å². The maximum Gasteiger partial charge on any atom is 0.101 e. The molecule has 2 rings (SSSR count). The summed E-state index contributed by atoms with van der Waals surface area (Å²) < 4.78 is 0. The van der Waals surface area contributed by atoms with Gasteiger partial charge in [-0.15, -0.1) is 0 Å². The van der Waals surface area contributed by atoms with E-state index in [4.69, 9.17) is 5.26 Å². The second kappa shape index (κ2) is 4.80. The van der Waals surface area contributed by atoms with E-state index in [1.54, 1.807) is 12.4 Å². The van der Waals surface area contributed by atoms with Crippen LogP contribution in [0.5, 0.6) is 0 Å². The summed E-state index contributed by atoms with van der Waals surface area (Å²) in [6.45, 7) is 4.35. The van der Waals surface area contributed by atoms with Gasteiger partial charge in [-0.1, -0.05) is 38.1 Å². The summed E-state index contributed by atoms with van der Waals surface area (Å²) in [5, 5.41) is 8.84. The van der Waals surface area contributed by atoms with Gasteiger partial charge in [0.15, 0.2) is 0 Å². The van der Waals surface area contributed by atoms with Crippen molar-refractivity contribution in [3.8, 4) is 17.2 Å². The lowest BCUT2D eigenvalue weighted by atomic mass is 9.99. The average Bonchev–Trinajstić information content (AvgIpc) is 2.39. The van der Waals surface area contributed by atoms with Crippen LogP contribution in [0.15, 0.2) is 42.7 Å². The highest BCUT2D eigenvalue weighted by atomic mass is 14.6. The summed E-state index contributed by atoms with van der Waals surface area (Å²) in [4.78, 5) is 4.07. The molecule has 0 aliphatic rings. The van der Waals surface area contributed by atoms with Crippen LogP contribution in [-0.4, -0.2) is 4.98 Å². The lowest BCUT2D eigenvalue weighted by Crippen LogP contribution is -1.87. The van der Waals surface area contributed by atoms with Gasteiger partial charge in [0, 0.05) is 18.0 Å². The highest BCUT2D eigenvalue weighted by molar-refractivity contribution is 5.64. The largest absolute Gasteiger partial charge is 0.263 e. The van der Waals surface area contributed by atoms with Gasteiger partial charge < -0.3 is 0 Å². The van der Waals surface area contributed by atoms with Crippen LogP contribution in [-0.2, 0) is 0 Å². The van der Waals surface area contributed by atoms with E-state index >= 15 is 0 Å². The minimum atomic E-state index is 0.535. The van der Waals surface area contributed by atoms with Crippen LogP contribution in [0.2, 0.25) is 0 Å². The Morgan fingerprint density at radius 2 is 1.76 bits per heavy atom. The Bertz CT molecular complexity index is 548. The lowest BCUT2D eigenvalue weighted by Gasteiger charge is -2.06. The molecule has 0 aliphatic carbocycles. The fourth-order valence-corrected chi connectivity index (χ4v) is 1.72. The zero-order valence-electron chi connectivity index (χ0n) is 10.0. The second-order valence-corrected chi connectivity index (χ2v) is 4.35. The van der Waals surface area contributed by atoms with Crippen molar-refractivity contribution in [2.45, 2.75) is 19.8 Å². The van der Waals surface area contributed by atoms with Crippen molar-refractivity contribution in [1.29, 1.82) is 5.26 Å². The van der Waals surface area contributed by atoms with Crippen LogP contribution in [0, 0.1) is 11.3 Å². The van der Waals surface area contributed by atoms with Gasteiger partial charge in [-0.25, -0.2) is 0 Å². The van der Waals surface area contributed by atoms with Crippen molar-refractivity contribution >= 4 is 0 Å². The molecule has 0 spiro atoms. The molecule has 0 radical (unpaired) electrons. The smallest absolute Gasteiger partial charge is 0.101 e. The summed E-state index contributed by atoms with van der Waals surface area (Å²) >= 11 is 0. The molecule has 0 aliphatic heterocycles. The van der Waals surface area contributed by atoms with Gasteiger partial charge in [0.2, 0.25) is 0 Å². The minimum absolute atomic E-state index is 0.535. The maximum atomic E-state index is 8.84. The molecule has 0 unspecified atom stereocenters. The summed E-state index contributed by atoms with van der Waals surface area (Å²) in [7, 11) is 0. The average molecular weight is 222 g/mol. The van der Waals surface area contributed by atoms with Gasteiger partial charge in [-0.3, -0.25) is 4.98 Å². The summed E-state index contributed by atoms with van der Waals surface area (Å²) in [6.07, 6.45) is 3.36. The normalized spacial score (nSPS) is 10.2. The van der Waals surface area contributed by atoms with Crippen LogP contribution in [0.25, 0.3) is 11.1 Å².